The summed E-state index contributed by atoms with van der Waals surface area (Å²) in [6.45, 7) is 1.74. The van der Waals surface area contributed by atoms with Crippen LogP contribution >= 0.6 is 0 Å². The predicted molar refractivity (Wildman–Crippen MR) is 77.4 cm³/mol. The van der Waals surface area contributed by atoms with Crippen molar-refractivity contribution in [2.24, 2.45) is 0 Å². The summed E-state index contributed by atoms with van der Waals surface area (Å²) in [5.41, 5.74) is 0.902. The first kappa shape index (κ1) is 16.0. The highest BCUT2D eigenvalue weighted by Crippen LogP contribution is 2.32. The topological polar surface area (TPSA) is 69.7 Å². The van der Waals surface area contributed by atoms with E-state index in [1.165, 1.54) is 6.26 Å². The van der Waals surface area contributed by atoms with E-state index < -0.39 is 16.1 Å². The number of ether oxygens (including phenoxy) is 2. The van der Waals surface area contributed by atoms with Crippen LogP contribution in [0.25, 0.3) is 0 Å². The van der Waals surface area contributed by atoms with Gasteiger partial charge >= 0.3 is 5.97 Å². The fraction of sp³-hybridized carbons (Fsp3) is 0.533. The molecule has 1 saturated heterocycles. The van der Waals surface area contributed by atoms with Crippen LogP contribution in [0.1, 0.15) is 44.3 Å². The van der Waals surface area contributed by atoms with Crippen molar-refractivity contribution in [2.45, 2.75) is 49.9 Å². The van der Waals surface area contributed by atoms with E-state index in [4.69, 9.17) is 9.47 Å². The second-order valence-corrected chi connectivity index (χ2v) is 7.19. The Hall–Kier alpha value is -1.40. The molecule has 1 aliphatic heterocycles. The molecule has 0 radical (unpaired) electrons. The van der Waals surface area contributed by atoms with Crippen LogP contribution in [0.4, 0.5) is 0 Å². The quantitative estimate of drug-likeness (QED) is 0.799. The van der Waals surface area contributed by atoms with E-state index in [1.807, 2.05) is 0 Å². The molecule has 5 nitrogen and oxygen atoms in total. The van der Waals surface area contributed by atoms with E-state index in [0.717, 1.165) is 18.4 Å². The first-order valence-corrected chi connectivity index (χ1v) is 8.94. The minimum atomic E-state index is -3.19. The van der Waals surface area contributed by atoms with Crippen LogP contribution in [0, 0.1) is 0 Å². The SMILES string of the molecule is CCC(=O)OC1CCCC(c2ccc(S(C)(=O)=O)cc2)O1. The number of sulfone groups is 1. The van der Waals surface area contributed by atoms with Gasteiger partial charge in [-0.15, -0.1) is 0 Å². The number of benzene rings is 1. The van der Waals surface area contributed by atoms with Gasteiger partial charge in [0.1, 0.15) is 0 Å². The summed E-state index contributed by atoms with van der Waals surface area (Å²) in [7, 11) is -3.19. The lowest BCUT2D eigenvalue weighted by atomic mass is 10.0. The lowest BCUT2D eigenvalue weighted by Gasteiger charge is -2.29. The number of rotatable bonds is 4. The van der Waals surface area contributed by atoms with Crippen LogP contribution in [0.5, 0.6) is 0 Å². The molecule has 6 heteroatoms. The minimum Gasteiger partial charge on any atom is -0.436 e. The molecule has 21 heavy (non-hydrogen) atoms. The molecule has 0 N–H and O–H groups in total. The van der Waals surface area contributed by atoms with Gasteiger partial charge in [0.15, 0.2) is 9.84 Å². The Balaban J connectivity index is 2.06. The largest absolute Gasteiger partial charge is 0.436 e. The molecule has 1 heterocycles. The Labute approximate surface area is 125 Å². The lowest BCUT2D eigenvalue weighted by molar-refractivity contribution is -0.203. The number of hydrogen-bond acceptors (Lipinski definition) is 5. The Morgan fingerprint density at radius 3 is 2.52 bits per heavy atom. The molecule has 0 saturated carbocycles. The highest BCUT2D eigenvalue weighted by molar-refractivity contribution is 7.90. The maximum atomic E-state index is 11.4. The summed E-state index contributed by atoms with van der Waals surface area (Å²) in [6.07, 6.45) is 3.27. The van der Waals surface area contributed by atoms with E-state index >= 15 is 0 Å². The first-order valence-electron chi connectivity index (χ1n) is 7.05. The van der Waals surface area contributed by atoms with Crippen LogP contribution in [-0.4, -0.2) is 26.9 Å². The Morgan fingerprint density at radius 1 is 1.29 bits per heavy atom. The molecular weight excluding hydrogens is 292 g/mol. The lowest BCUT2D eigenvalue weighted by Crippen LogP contribution is -2.27. The zero-order valence-electron chi connectivity index (χ0n) is 12.2. The third-order valence-electron chi connectivity index (χ3n) is 3.45. The highest BCUT2D eigenvalue weighted by Gasteiger charge is 2.26. The van der Waals surface area contributed by atoms with Crippen LogP contribution in [0.3, 0.4) is 0 Å². The van der Waals surface area contributed by atoms with E-state index in [-0.39, 0.29) is 17.0 Å². The summed E-state index contributed by atoms with van der Waals surface area (Å²) in [5, 5.41) is 0. The molecule has 1 aromatic rings. The Kier molecular flexibility index (Phi) is 5.00. The van der Waals surface area contributed by atoms with Crippen LogP contribution in [0.2, 0.25) is 0 Å². The van der Waals surface area contributed by atoms with Gasteiger partial charge in [0.2, 0.25) is 6.29 Å². The summed E-state index contributed by atoms with van der Waals surface area (Å²) < 4.78 is 33.9. The maximum absolute atomic E-state index is 11.4. The molecule has 1 fully saturated rings. The molecule has 2 atom stereocenters. The maximum Gasteiger partial charge on any atom is 0.307 e. The van der Waals surface area contributed by atoms with Crippen molar-refractivity contribution in [1.82, 2.24) is 0 Å². The van der Waals surface area contributed by atoms with Crippen molar-refractivity contribution < 1.29 is 22.7 Å². The second kappa shape index (κ2) is 6.58. The minimum absolute atomic E-state index is 0.165. The molecule has 116 valence electrons. The van der Waals surface area contributed by atoms with Gasteiger partial charge in [-0.25, -0.2) is 8.42 Å². The smallest absolute Gasteiger partial charge is 0.307 e. The average Bonchev–Trinajstić information content (AvgIpc) is 2.46. The van der Waals surface area contributed by atoms with Gasteiger partial charge < -0.3 is 9.47 Å². The van der Waals surface area contributed by atoms with Crippen molar-refractivity contribution >= 4 is 15.8 Å². The Bertz CT molecular complexity index is 591. The standard InChI is InChI=1S/C15H20O5S/c1-3-14(16)20-15-6-4-5-13(19-15)11-7-9-12(10-8-11)21(2,17)18/h7-10,13,15H,3-6H2,1-2H3. The Morgan fingerprint density at radius 2 is 1.95 bits per heavy atom. The van der Waals surface area contributed by atoms with E-state index in [2.05, 4.69) is 0 Å². The number of carbonyl (C=O) groups is 1. The van der Waals surface area contributed by atoms with Crippen LogP contribution < -0.4 is 0 Å². The van der Waals surface area contributed by atoms with Crippen molar-refractivity contribution in [2.75, 3.05) is 6.26 Å². The number of esters is 1. The van der Waals surface area contributed by atoms with E-state index in [9.17, 15) is 13.2 Å². The third-order valence-corrected chi connectivity index (χ3v) is 4.58. The molecule has 0 aromatic heterocycles. The first-order chi connectivity index (χ1) is 9.90. The van der Waals surface area contributed by atoms with Crippen molar-refractivity contribution in [3.8, 4) is 0 Å². The zero-order valence-corrected chi connectivity index (χ0v) is 13.1. The van der Waals surface area contributed by atoms with Crippen molar-refractivity contribution in [3.63, 3.8) is 0 Å². The van der Waals surface area contributed by atoms with Crippen molar-refractivity contribution in [3.05, 3.63) is 29.8 Å². The van der Waals surface area contributed by atoms with Gasteiger partial charge in [-0.05, 0) is 30.5 Å². The van der Waals surface area contributed by atoms with Gasteiger partial charge in [0.05, 0.1) is 11.0 Å². The monoisotopic (exact) mass is 312 g/mol. The molecule has 0 aliphatic carbocycles. The summed E-state index contributed by atoms with van der Waals surface area (Å²) in [6, 6.07) is 6.67. The molecule has 0 bridgehead atoms. The molecule has 0 amide bonds. The normalized spacial score (nSPS) is 22.8. The van der Waals surface area contributed by atoms with Gasteiger partial charge in [-0.2, -0.15) is 0 Å². The molecule has 1 aromatic carbocycles. The molecule has 2 unspecified atom stereocenters. The fourth-order valence-corrected chi connectivity index (χ4v) is 2.91. The zero-order chi connectivity index (χ0) is 15.5. The van der Waals surface area contributed by atoms with Gasteiger partial charge in [0, 0.05) is 19.1 Å². The fourth-order valence-electron chi connectivity index (χ4n) is 2.28. The van der Waals surface area contributed by atoms with Crippen LogP contribution in [0.15, 0.2) is 29.2 Å². The molecule has 2 rings (SSSR count). The predicted octanol–water partition coefficient (Wildman–Crippen LogP) is 2.61. The van der Waals surface area contributed by atoms with Crippen molar-refractivity contribution in [1.29, 1.82) is 0 Å². The van der Waals surface area contributed by atoms with Gasteiger partial charge in [0.25, 0.3) is 0 Å². The number of carbonyl (C=O) groups excluding carboxylic acids is 1. The molecule has 0 spiro atoms. The van der Waals surface area contributed by atoms with E-state index in [0.29, 0.717) is 12.8 Å². The second-order valence-electron chi connectivity index (χ2n) is 5.17. The number of hydrogen-bond donors (Lipinski definition) is 0. The summed E-state index contributed by atoms with van der Waals surface area (Å²) in [5.74, 6) is -0.270. The van der Waals surface area contributed by atoms with Gasteiger partial charge in [-0.3, -0.25) is 4.79 Å². The molecular formula is C15H20O5S. The average molecular weight is 312 g/mol. The van der Waals surface area contributed by atoms with Crippen LogP contribution in [-0.2, 0) is 24.1 Å². The highest BCUT2D eigenvalue weighted by atomic mass is 32.2. The third kappa shape index (κ3) is 4.28. The van der Waals surface area contributed by atoms with E-state index in [1.54, 1.807) is 31.2 Å². The molecule has 1 aliphatic rings. The van der Waals surface area contributed by atoms with Gasteiger partial charge in [-0.1, -0.05) is 19.1 Å². The summed E-state index contributed by atoms with van der Waals surface area (Å²) in [4.78, 5) is 11.6. The summed E-state index contributed by atoms with van der Waals surface area (Å²) >= 11 is 0.